The van der Waals surface area contributed by atoms with Crippen LogP contribution in [0.15, 0.2) is 24.3 Å². The molecule has 0 aliphatic heterocycles. The number of hydrogen-bond acceptors (Lipinski definition) is 8. The molecule has 5 amide bonds. The molecule has 0 heterocycles. The Morgan fingerprint density at radius 2 is 1.62 bits per heavy atom. The van der Waals surface area contributed by atoms with Gasteiger partial charge in [-0.05, 0) is 42.9 Å². The maximum atomic E-state index is 13.1. The van der Waals surface area contributed by atoms with Gasteiger partial charge >= 0.3 is 18.1 Å². The summed E-state index contributed by atoms with van der Waals surface area (Å²) in [6.07, 6.45) is 0.606. The molecule has 0 fully saturated rings. The molecule has 0 aliphatic rings. The number of alkyl carbamates (subject to hydrolysis) is 1. The molecule has 13 heteroatoms. The summed E-state index contributed by atoms with van der Waals surface area (Å²) < 4.78 is 15.3. The zero-order valence-electron chi connectivity index (χ0n) is 23.0. The average molecular weight is 552 g/mol. The van der Waals surface area contributed by atoms with Crippen molar-refractivity contribution in [3.8, 4) is 0 Å². The first-order valence-corrected chi connectivity index (χ1v) is 12.9. The van der Waals surface area contributed by atoms with Gasteiger partial charge in [-0.2, -0.15) is 0 Å². The molecule has 0 aromatic heterocycles. The molecule has 1 aromatic carbocycles. The van der Waals surface area contributed by atoms with E-state index in [9.17, 15) is 24.0 Å². The number of primary amides is 1. The van der Waals surface area contributed by atoms with Gasteiger partial charge in [0.1, 0.15) is 25.3 Å². The highest BCUT2D eigenvalue weighted by molar-refractivity contribution is 5.98. The van der Waals surface area contributed by atoms with Crippen LogP contribution in [-0.4, -0.2) is 68.4 Å². The number of hydrogen-bond donors (Lipinski definition) is 5. The van der Waals surface area contributed by atoms with Crippen molar-refractivity contribution in [2.45, 2.75) is 65.6 Å². The number of nitrogens with one attached hydrogen (secondary N) is 4. The van der Waals surface area contributed by atoms with Gasteiger partial charge in [0.05, 0.1) is 6.61 Å². The molecule has 0 aliphatic carbocycles. The summed E-state index contributed by atoms with van der Waals surface area (Å²) in [5.41, 5.74) is 6.30. The average Bonchev–Trinajstić information content (AvgIpc) is 2.87. The van der Waals surface area contributed by atoms with Gasteiger partial charge in [-0.25, -0.2) is 9.59 Å². The number of rotatable bonds is 17. The van der Waals surface area contributed by atoms with E-state index in [1.165, 1.54) is 6.92 Å². The van der Waals surface area contributed by atoms with E-state index < -0.39 is 42.0 Å². The van der Waals surface area contributed by atoms with Crippen LogP contribution in [0.2, 0.25) is 0 Å². The Hall–Kier alpha value is -3.87. The summed E-state index contributed by atoms with van der Waals surface area (Å²) >= 11 is 0. The third-order valence-corrected chi connectivity index (χ3v) is 5.30. The Bertz CT molecular complexity index is 939. The zero-order chi connectivity index (χ0) is 29.2. The van der Waals surface area contributed by atoms with E-state index in [0.717, 1.165) is 12.0 Å². The third-order valence-electron chi connectivity index (χ3n) is 5.30. The minimum atomic E-state index is -0.977. The standard InChI is InChI=1S/C26H41N5O8/c1-5-13-37-14-15-38-26(36)31-22(17(2)3)24(34)30-21(7-6-12-28-25(27)35)23(33)29-20-10-8-19(9-11-20)16-39-18(4)32/h8-11,17,21-22H,5-7,12-16H2,1-4H3,(H,29,33)(H,30,34)(H,31,36)(H3,27,28,35)/t21-,22-/m1/s1. The molecule has 1 aromatic rings. The van der Waals surface area contributed by atoms with Crippen LogP contribution in [-0.2, 0) is 35.2 Å². The number of nitrogens with two attached hydrogens (primary N) is 1. The number of urea groups is 1. The summed E-state index contributed by atoms with van der Waals surface area (Å²) in [7, 11) is 0. The lowest BCUT2D eigenvalue weighted by molar-refractivity contribution is -0.142. The van der Waals surface area contributed by atoms with E-state index in [4.69, 9.17) is 19.9 Å². The van der Waals surface area contributed by atoms with Crippen LogP contribution >= 0.6 is 0 Å². The maximum Gasteiger partial charge on any atom is 0.407 e. The molecule has 6 N–H and O–H groups in total. The molecule has 0 unspecified atom stereocenters. The first kappa shape index (κ1) is 33.2. The van der Waals surface area contributed by atoms with Gasteiger partial charge < -0.3 is 41.2 Å². The Morgan fingerprint density at radius 3 is 2.21 bits per heavy atom. The molecule has 0 saturated carbocycles. The molecule has 218 valence electrons. The summed E-state index contributed by atoms with van der Waals surface area (Å²) in [6.45, 7) is 7.92. The molecule has 39 heavy (non-hydrogen) atoms. The van der Waals surface area contributed by atoms with E-state index >= 15 is 0 Å². The van der Waals surface area contributed by atoms with Gasteiger partial charge in [0, 0.05) is 25.8 Å². The van der Waals surface area contributed by atoms with Crippen molar-refractivity contribution >= 4 is 35.6 Å². The van der Waals surface area contributed by atoms with Gasteiger partial charge in [-0.3, -0.25) is 14.4 Å². The predicted octanol–water partition coefficient (Wildman–Crippen LogP) is 1.80. The summed E-state index contributed by atoms with van der Waals surface area (Å²) in [5, 5.41) is 10.4. The van der Waals surface area contributed by atoms with Gasteiger partial charge in [0.15, 0.2) is 0 Å². The van der Waals surface area contributed by atoms with Gasteiger partial charge in [-0.15, -0.1) is 0 Å². The Morgan fingerprint density at radius 1 is 0.923 bits per heavy atom. The number of benzene rings is 1. The van der Waals surface area contributed by atoms with Crippen LogP contribution in [0.1, 0.15) is 52.5 Å². The second-order valence-corrected chi connectivity index (χ2v) is 9.08. The largest absolute Gasteiger partial charge is 0.461 e. The highest BCUT2D eigenvalue weighted by Gasteiger charge is 2.29. The van der Waals surface area contributed by atoms with Crippen molar-refractivity contribution in [1.29, 1.82) is 0 Å². The molecular formula is C26H41N5O8. The van der Waals surface area contributed by atoms with Crippen molar-refractivity contribution in [1.82, 2.24) is 16.0 Å². The van der Waals surface area contributed by atoms with E-state index in [2.05, 4.69) is 21.3 Å². The molecule has 0 bridgehead atoms. The molecular weight excluding hydrogens is 510 g/mol. The Kier molecular flexibility index (Phi) is 15.6. The summed E-state index contributed by atoms with van der Waals surface area (Å²) in [6, 6.07) is 4.03. The van der Waals surface area contributed by atoms with Crippen molar-refractivity contribution in [3.63, 3.8) is 0 Å². The Labute approximate surface area is 228 Å². The van der Waals surface area contributed by atoms with Crippen LogP contribution in [0.5, 0.6) is 0 Å². The predicted molar refractivity (Wildman–Crippen MR) is 144 cm³/mol. The lowest BCUT2D eigenvalue weighted by Crippen LogP contribution is -2.54. The third kappa shape index (κ3) is 14.6. The maximum absolute atomic E-state index is 13.1. The molecule has 2 atom stereocenters. The fourth-order valence-electron chi connectivity index (χ4n) is 3.29. The number of carbonyl (C=O) groups is 5. The molecule has 0 spiro atoms. The number of carbonyl (C=O) groups excluding carboxylic acids is 5. The summed E-state index contributed by atoms with van der Waals surface area (Å²) in [4.78, 5) is 60.4. The monoisotopic (exact) mass is 551 g/mol. The van der Waals surface area contributed by atoms with E-state index in [1.807, 2.05) is 6.92 Å². The van der Waals surface area contributed by atoms with Crippen molar-refractivity contribution in [2.75, 3.05) is 31.7 Å². The Balaban J connectivity index is 2.83. The van der Waals surface area contributed by atoms with Gasteiger partial charge in [0.25, 0.3) is 0 Å². The van der Waals surface area contributed by atoms with Crippen LogP contribution in [0.25, 0.3) is 0 Å². The van der Waals surface area contributed by atoms with Crippen LogP contribution in [0.3, 0.4) is 0 Å². The van der Waals surface area contributed by atoms with Crippen molar-refractivity contribution < 1.29 is 38.2 Å². The van der Waals surface area contributed by atoms with Crippen LogP contribution in [0, 0.1) is 5.92 Å². The zero-order valence-corrected chi connectivity index (χ0v) is 23.0. The molecule has 0 radical (unpaired) electrons. The fourth-order valence-corrected chi connectivity index (χ4v) is 3.29. The first-order valence-electron chi connectivity index (χ1n) is 12.9. The quantitative estimate of drug-likeness (QED) is 0.143. The fraction of sp³-hybridized carbons (Fsp3) is 0.577. The number of anilines is 1. The number of amides is 5. The lowest BCUT2D eigenvalue weighted by atomic mass is 10.0. The van der Waals surface area contributed by atoms with Gasteiger partial charge in [0.2, 0.25) is 11.8 Å². The van der Waals surface area contributed by atoms with E-state index in [-0.39, 0.29) is 38.7 Å². The van der Waals surface area contributed by atoms with Gasteiger partial charge in [-0.1, -0.05) is 32.9 Å². The van der Waals surface area contributed by atoms with E-state index in [0.29, 0.717) is 18.7 Å². The minimum Gasteiger partial charge on any atom is -0.461 e. The van der Waals surface area contributed by atoms with Crippen molar-refractivity contribution in [3.05, 3.63) is 29.8 Å². The second-order valence-electron chi connectivity index (χ2n) is 9.08. The summed E-state index contributed by atoms with van der Waals surface area (Å²) in [5.74, 6) is -1.77. The van der Waals surface area contributed by atoms with E-state index in [1.54, 1.807) is 38.1 Å². The van der Waals surface area contributed by atoms with Crippen LogP contribution < -0.4 is 27.0 Å². The highest BCUT2D eigenvalue weighted by atomic mass is 16.6. The van der Waals surface area contributed by atoms with Crippen molar-refractivity contribution in [2.24, 2.45) is 11.7 Å². The molecule has 13 nitrogen and oxygen atoms in total. The SMILES string of the molecule is CCCOCCOC(=O)N[C@@H](C(=O)N[C@H](CCCNC(N)=O)C(=O)Nc1ccc(COC(C)=O)cc1)C(C)C. The topological polar surface area (TPSA) is 187 Å². The van der Waals surface area contributed by atoms with Crippen LogP contribution in [0.4, 0.5) is 15.3 Å². The number of esters is 1. The normalized spacial score (nSPS) is 12.1. The molecule has 1 rings (SSSR count). The lowest BCUT2D eigenvalue weighted by Gasteiger charge is -2.25. The minimum absolute atomic E-state index is 0.0375. The highest BCUT2D eigenvalue weighted by Crippen LogP contribution is 2.13. The molecule has 0 saturated heterocycles. The smallest absolute Gasteiger partial charge is 0.407 e. The second kappa shape index (κ2) is 18.4. The number of ether oxygens (including phenoxy) is 3. The first-order chi connectivity index (χ1) is 18.5.